The molecule has 3 atom stereocenters. The van der Waals surface area contributed by atoms with Crippen molar-refractivity contribution < 1.29 is 14.4 Å². The number of H-pyrrole nitrogens is 5. The summed E-state index contributed by atoms with van der Waals surface area (Å²) in [6.45, 7) is 0. The second-order valence-electron chi connectivity index (χ2n) is 17.4. The average molecular weight is 873 g/mol. The van der Waals surface area contributed by atoms with Gasteiger partial charge in [0.15, 0.2) is 5.78 Å². The summed E-state index contributed by atoms with van der Waals surface area (Å²) in [6, 6.07) is 34.5. The number of aromatic nitrogens is 7. The van der Waals surface area contributed by atoms with Crippen LogP contribution in [0.3, 0.4) is 0 Å². The molecule has 9 aromatic rings. The molecule has 8 heterocycles. The standard InChI is InChI=1S/C53H48N10O3/c54-42(21-30-27-55-43-10-4-1-7-39(30)43)52(65)63-49(23-32-29-57-45-12-6-3-9-41(32)45)53(66)62-48(22-31-28-56-44-11-5-2-8-40(31)44)51(64)50-46-19-17-37(60-46)25-35-15-13-33(58-35)24-34-14-16-36(59-34)26-38-18-20-47(50)61-38/h1-13,15,18,20,24-29,42,48-49,55-58,61H,14,16-17,19,21-23,54H2,(H,62,66)(H,63,65)/t42-,48-,49-/m0/s1. The zero-order valence-electron chi connectivity index (χ0n) is 36.1. The Labute approximate surface area is 378 Å². The molecule has 0 spiro atoms. The zero-order chi connectivity index (χ0) is 44.7. The second-order valence-corrected chi connectivity index (χ2v) is 17.4. The van der Waals surface area contributed by atoms with Crippen molar-refractivity contribution >= 4 is 72.4 Å². The third-order valence-electron chi connectivity index (χ3n) is 12.9. The first-order chi connectivity index (χ1) is 32.3. The van der Waals surface area contributed by atoms with E-state index in [1.54, 1.807) is 0 Å². The lowest BCUT2D eigenvalue weighted by atomic mass is 9.94. The maximum absolute atomic E-state index is 15.6. The van der Waals surface area contributed by atoms with E-state index in [4.69, 9.17) is 15.7 Å². The largest absolute Gasteiger partial charge is 0.361 e. The number of nitrogens with one attached hydrogen (secondary N) is 7. The van der Waals surface area contributed by atoms with Crippen LogP contribution in [0, 0.1) is 0 Å². The van der Waals surface area contributed by atoms with E-state index in [-0.39, 0.29) is 25.0 Å². The van der Waals surface area contributed by atoms with Gasteiger partial charge in [-0.3, -0.25) is 24.4 Å². The van der Waals surface area contributed by atoms with Gasteiger partial charge in [-0.25, -0.2) is 0 Å². The molecule has 8 bridgehead atoms. The van der Waals surface area contributed by atoms with E-state index >= 15 is 9.59 Å². The topological polar surface area (TPSA) is 206 Å². The Kier molecular flexibility index (Phi) is 10.6. The molecule has 0 fully saturated rings. The Morgan fingerprint density at radius 3 is 1.58 bits per heavy atom. The summed E-state index contributed by atoms with van der Waals surface area (Å²) in [5.74, 6) is -1.30. The Morgan fingerprint density at radius 2 is 0.985 bits per heavy atom. The number of Topliss-reactive ketones (excluding diaryl/α,β-unsaturated/α-hetero) is 1. The molecular formula is C53H48N10O3. The van der Waals surface area contributed by atoms with Crippen LogP contribution in [-0.4, -0.2) is 70.6 Å². The van der Waals surface area contributed by atoms with Crippen molar-refractivity contribution in [2.45, 2.75) is 63.1 Å². The smallest absolute Gasteiger partial charge is 0.243 e. The van der Waals surface area contributed by atoms with Gasteiger partial charge < -0.3 is 41.3 Å². The summed E-state index contributed by atoms with van der Waals surface area (Å²) < 4.78 is 0. The monoisotopic (exact) mass is 872 g/mol. The van der Waals surface area contributed by atoms with Gasteiger partial charge in [0.05, 0.1) is 28.9 Å². The minimum Gasteiger partial charge on any atom is -0.361 e. The number of para-hydroxylation sites is 3. The highest BCUT2D eigenvalue weighted by molar-refractivity contribution is 6.09. The summed E-state index contributed by atoms with van der Waals surface area (Å²) in [4.78, 5) is 71.7. The normalized spacial score (nSPS) is 14.1. The van der Waals surface area contributed by atoms with Crippen LogP contribution in [0.4, 0.5) is 0 Å². The number of hydrogen-bond acceptors (Lipinski definition) is 6. The number of hydrogen-bond donors (Lipinski definition) is 8. The molecule has 0 saturated carbocycles. The summed E-state index contributed by atoms with van der Waals surface area (Å²) >= 11 is 0. The average Bonchev–Trinajstić information content (AvgIpc) is 4.20. The quantitative estimate of drug-likeness (QED) is 0.0582. The van der Waals surface area contributed by atoms with Gasteiger partial charge in [-0.1, -0.05) is 54.6 Å². The first-order valence-electron chi connectivity index (χ1n) is 22.5. The third kappa shape index (κ3) is 8.16. The Bertz CT molecular complexity index is 3500. The fourth-order valence-electron chi connectivity index (χ4n) is 9.60. The number of ketones is 1. The number of amides is 2. The van der Waals surface area contributed by atoms with Crippen LogP contribution in [0.15, 0.2) is 134 Å². The minimum atomic E-state index is -1.09. The van der Waals surface area contributed by atoms with E-state index in [9.17, 15) is 4.79 Å². The number of fused-ring (bicyclic) bond motifs is 11. The molecular weight excluding hydrogens is 825 g/mol. The number of carbonyl (C=O) groups excluding carboxylic acids is 3. The van der Waals surface area contributed by atoms with Crippen LogP contribution in [0.5, 0.6) is 0 Å². The number of nitrogens with two attached hydrogens (primary N) is 1. The molecule has 0 saturated heterocycles. The van der Waals surface area contributed by atoms with Gasteiger partial charge in [0.1, 0.15) is 6.04 Å². The molecule has 2 aliphatic rings. The van der Waals surface area contributed by atoms with Crippen molar-refractivity contribution in [1.82, 2.24) is 45.5 Å². The summed E-state index contributed by atoms with van der Waals surface area (Å²) in [7, 11) is 0. The molecule has 66 heavy (non-hydrogen) atoms. The molecule has 13 nitrogen and oxygen atoms in total. The molecule has 0 unspecified atom stereocenters. The number of aryl methyl sites for hydroxylation is 4. The van der Waals surface area contributed by atoms with E-state index < -0.39 is 29.9 Å². The first-order valence-corrected chi connectivity index (χ1v) is 22.5. The highest BCUT2D eigenvalue weighted by Crippen LogP contribution is 2.27. The lowest BCUT2D eigenvalue weighted by molar-refractivity contribution is -0.129. The molecule has 13 heteroatoms. The van der Waals surface area contributed by atoms with Gasteiger partial charge in [-0.05, 0) is 109 Å². The highest BCUT2D eigenvalue weighted by Gasteiger charge is 2.33. The van der Waals surface area contributed by atoms with Crippen molar-refractivity contribution in [2.24, 2.45) is 5.73 Å². The lowest BCUT2D eigenvalue weighted by Gasteiger charge is -2.24. The van der Waals surface area contributed by atoms with Gasteiger partial charge in [-0.2, -0.15) is 0 Å². The Hall–Kier alpha value is -8.03. The molecule has 6 aromatic heterocycles. The van der Waals surface area contributed by atoms with Gasteiger partial charge >= 0.3 is 0 Å². The predicted octanol–water partition coefficient (Wildman–Crippen LogP) is 7.54. The van der Waals surface area contributed by atoms with Crippen LogP contribution in [0.25, 0.3) is 54.8 Å². The predicted molar refractivity (Wildman–Crippen MR) is 258 cm³/mol. The second kappa shape index (κ2) is 17.2. The van der Waals surface area contributed by atoms with Crippen LogP contribution in [0.2, 0.25) is 0 Å². The molecule has 0 aliphatic carbocycles. The maximum atomic E-state index is 15.6. The molecule has 9 N–H and O–H groups in total. The third-order valence-corrected chi connectivity index (χ3v) is 12.9. The van der Waals surface area contributed by atoms with E-state index in [1.807, 2.05) is 128 Å². The minimum absolute atomic E-state index is 0.143. The number of carbonyl (C=O) groups is 3. The van der Waals surface area contributed by atoms with E-state index in [0.29, 0.717) is 29.6 Å². The van der Waals surface area contributed by atoms with Crippen LogP contribution < -0.4 is 16.4 Å². The van der Waals surface area contributed by atoms with Gasteiger partial charge in [0.2, 0.25) is 11.8 Å². The van der Waals surface area contributed by atoms with Gasteiger partial charge in [0.25, 0.3) is 0 Å². The fourth-order valence-corrected chi connectivity index (χ4v) is 9.60. The Morgan fingerprint density at radius 1 is 0.515 bits per heavy atom. The van der Waals surface area contributed by atoms with Crippen molar-refractivity contribution in [3.05, 3.63) is 179 Å². The van der Waals surface area contributed by atoms with Crippen molar-refractivity contribution in [3.63, 3.8) is 0 Å². The molecule has 0 radical (unpaired) electrons. The summed E-state index contributed by atoms with van der Waals surface area (Å²) in [6.07, 6.45) is 8.95. The van der Waals surface area contributed by atoms with E-state index in [2.05, 4.69) is 41.6 Å². The molecule has 2 aliphatic heterocycles. The van der Waals surface area contributed by atoms with Crippen LogP contribution >= 0.6 is 0 Å². The van der Waals surface area contributed by atoms with Crippen LogP contribution in [0.1, 0.15) is 49.8 Å². The van der Waals surface area contributed by atoms with Crippen molar-refractivity contribution in [1.29, 1.82) is 0 Å². The maximum Gasteiger partial charge on any atom is 0.243 e. The van der Waals surface area contributed by atoms with E-state index in [1.165, 1.54) is 0 Å². The Balaban J connectivity index is 0.991. The molecule has 328 valence electrons. The first kappa shape index (κ1) is 40.7. The summed E-state index contributed by atoms with van der Waals surface area (Å²) in [5.41, 5.74) is 19.1. The SMILES string of the molecule is N[C@@H](Cc1c[nH]c2ccccc12)C(=O)N[C@@H](Cc1c[nH]c2ccccc12)C(=O)N[C@@H](Cc1c[nH]c2ccccc12)C(=O)c1c2nc(cc3ccc(cc4nc(cc5ccc1[nH]5)CC4)[nH]3)CC2. The van der Waals surface area contributed by atoms with Crippen molar-refractivity contribution in [2.75, 3.05) is 0 Å². The fraction of sp³-hybridized carbons (Fsp3) is 0.189. The molecule has 11 rings (SSSR count). The zero-order valence-corrected chi connectivity index (χ0v) is 36.1. The van der Waals surface area contributed by atoms with Gasteiger partial charge in [0, 0.05) is 97.8 Å². The summed E-state index contributed by atoms with van der Waals surface area (Å²) in [5, 5.41) is 9.04. The van der Waals surface area contributed by atoms with Crippen LogP contribution in [-0.2, 0) is 54.5 Å². The molecule has 3 aromatic carbocycles. The number of nitrogens with zero attached hydrogens (tertiary/aromatic N) is 2. The number of aromatic amines is 5. The van der Waals surface area contributed by atoms with Crippen molar-refractivity contribution in [3.8, 4) is 0 Å². The highest BCUT2D eigenvalue weighted by atomic mass is 16.2. The molecule has 2 amide bonds. The number of benzene rings is 3. The van der Waals surface area contributed by atoms with Gasteiger partial charge in [-0.15, -0.1) is 0 Å². The number of rotatable bonds is 12. The van der Waals surface area contributed by atoms with E-state index in [0.717, 1.165) is 95.9 Å². The lowest BCUT2D eigenvalue weighted by Crippen LogP contribution is -2.56.